The number of rotatable bonds is 6. The molecule has 1 aromatic rings. The third kappa shape index (κ3) is 4.84. The molecule has 19 heavy (non-hydrogen) atoms. The molecule has 2 nitrogen and oxygen atoms in total. The Morgan fingerprint density at radius 1 is 1.16 bits per heavy atom. The molecular weight excluding hydrogens is 255 g/mol. The van der Waals surface area contributed by atoms with Crippen molar-refractivity contribution in [3.05, 3.63) is 35.9 Å². The largest absolute Gasteiger partial charge is 0.407 e. The van der Waals surface area contributed by atoms with Crippen LogP contribution in [0.3, 0.4) is 0 Å². The van der Waals surface area contributed by atoms with E-state index in [0.717, 1.165) is 0 Å². The Morgan fingerprint density at radius 2 is 1.74 bits per heavy atom. The number of nitrogens with one attached hydrogen (secondary N) is 1. The van der Waals surface area contributed by atoms with Crippen LogP contribution in [0.2, 0.25) is 0 Å². The summed E-state index contributed by atoms with van der Waals surface area (Å²) >= 11 is 0. The molecule has 0 saturated carbocycles. The lowest BCUT2D eigenvalue weighted by Crippen LogP contribution is -2.45. The summed E-state index contributed by atoms with van der Waals surface area (Å²) in [5.74, 6) is 0.0495. The molecule has 0 fully saturated rings. The molecule has 0 saturated heterocycles. The summed E-state index contributed by atoms with van der Waals surface area (Å²) in [5, 5.41) is 2.66. The molecule has 0 aliphatic carbocycles. The zero-order chi connectivity index (χ0) is 14.5. The van der Waals surface area contributed by atoms with Gasteiger partial charge in [-0.1, -0.05) is 44.2 Å². The number of hydrogen-bond donors (Lipinski definition) is 1. The third-order valence-electron chi connectivity index (χ3n) is 2.99. The smallest absolute Gasteiger partial charge is 0.383 e. The summed E-state index contributed by atoms with van der Waals surface area (Å²) in [6, 6.07) is 5.86. The molecule has 0 aliphatic heterocycles. The maximum absolute atomic E-state index is 13.2. The number of halogens is 3. The summed E-state index contributed by atoms with van der Waals surface area (Å²) < 4.78 is 44.5. The lowest BCUT2D eigenvalue weighted by Gasteiger charge is -2.29. The van der Waals surface area contributed by atoms with E-state index in [-0.39, 0.29) is 24.1 Å². The zero-order valence-corrected chi connectivity index (χ0v) is 11.4. The van der Waals surface area contributed by atoms with Crippen molar-refractivity contribution in [3.8, 4) is 0 Å². The predicted octanol–water partition coefficient (Wildman–Crippen LogP) is 3.55. The minimum absolute atomic E-state index is 0.0495. The monoisotopic (exact) mass is 275 g/mol. The normalized spacial score (nSPS) is 15.5. The van der Waals surface area contributed by atoms with Gasteiger partial charge in [0.05, 0.1) is 6.61 Å². The molecular formula is C14H20F3NO. The van der Waals surface area contributed by atoms with Gasteiger partial charge in [-0.15, -0.1) is 0 Å². The number of ether oxygens (including phenoxy) is 1. The van der Waals surface area contributed by atoms with Gasteiger partial charge in [0.2, 0.25) is 0 Å². The van der Waals surface area contributed by atoms with E-state index in [4.69, 9.17) is 4.74 Å². The van der Waals surface area contributed by atoms with Crippen LogP contribution in [0.5, 0.6) is 0 Å². The fraction of sp³-hybridized carbons (Fsp3) is 0.571. The quantitative estimate of drug-likeness (QED) is 0.857. The van der Waals surface area contributed by atoms with Crippen molar-refractivity contribution in [3.63, 3.8) is 0 Å². The van der Waals surface area contributed by atoms with Crippen LogP contribution in [-0.2, 0) is 4.74 Å². The summed E-state index contributed by atoms with van der Waals surface area (Å²) in [7, 11) is 1.49. The molecule has 1 aromatic carbocycles. The van der Waals surface area contributed by atoms with Gasteiger partial charge in [0.15, 0.2) is 0 Å². The van der Waals surface area contributed by atoms with Crippen molar-refractivity contribution < 1.29 is 17.9 Å². The van der Waals surface area contributed by atoms with Gasteiger partial charge < -0.3 is 4.74 Å². The van der Waals surface area contributed by atoms with E-state index in [9.17, 15) is 13.2 Å². The van der Waals surface area contributed by atoms with E-state index in [1.807, 2.05) is 13.8 Å². The Hall–Kier alpha value is -1.07. The molecule has 0 heterocycles. The highest BCUT2D eigenvalue weighted by atomic mass is 19.4. The molecule has 0 bridgehead atoms. The first-order chi connectivity index (χ1) is 8.86. The minimum atomic E-state index is -4.33. The van der Waals surface area contributed by atoms with Gasteiger partial charge in [0.25, 0.3) is 0 Å². The molecule has 108 valence electrons. The standard InChI is InChI=1S/C14H20F3NO/c1-10(2)12(9-19-3)18-13(14(15,16)17)11-7-5-4-6-8-11/h4-8,10,12-13,18H,9H2,1-3H3. The van der Waals surface area contributed by atoms with Crippen LogP contribution in [0.4, 0.5) is 13.2 Å². The zero-order valence-electron chi connectivity index (χ0n) is 11.4. The SMILES string of the molecule is COCC(NC(c1ccccc1)C(F)(F)F)C(C)C. The first kappa shape index (κ1) is 16.0. The Bertz CT molecular complexity index is 365. The predicted molar refractivity (Wildman–Crippen MR) is 68.9 cm³/mol. The van der Waals surface area contributed by atoms with E-state index in [1.165, 1.54) is 19.2 Å². The molecule has 0 radical (unpaired) electrons. The maximum Gasteiger partial charge on any atom is 0.407 e. The maximum atomic E-state index is 13.2. The van der Waals surface area contributed by atoms with Gasteiger partial charge >= 0.3 is 6.18 Å². The van der Waals surface area contributed by atoms with E-state index >= 15 is 0 Å². The summed E-state index contributed by atoms with van der Waals surface area (Å²) in [4.78, 5) is 0. The van der Waals surface area contributed by atoms with Crippen LogP contribution in [0.15, 0.2) is 30.3 Å². The van der Waals surface area contributed by atoms with E-state index < -0.39 is 12.2 Å². The number of benzene rings is 1. The third-order valence-corrected chi connectivity index (χ3v) is 2.99. The van der Waals surface area contributed by atoms with Gasteiger partial charge in [-0.2, -0.15) is 13.2 Å². The van der Waals surface area contributed by atoms with Gasteiger partial charge in [0, 0.05) is 13.2 Å². The van der Waals surface area contributed by atoms with Crippen molar-refractivity contribution in [1.29, 1.82) is 0 Å². The first-order valence-corrected chi connectivity index (χ1v) is 6.23. The molecule has 2 atom stereocenters. The lowest BCUT2D eigenvalue weighted by molar-refractivity contribution is -0.161. The summed E-state index contributed by atoms with van der Waals surface area (Å²) in [6.45, 7) is 3.99. The highest BCUT2D eigenvalue weighted by Crippen LogP contribution is 2.33. The fourth-order valence-corrected chi connectivity index (χ4v) is 1.85. The van der Waals surface area contributed by atoms with Gasteiger partial charge in [0.1, 0.15) is 6.04 Å². The van der Waals surface area contributed by atoms with Crippen molar-refractivity contribution >= 4 is 0 Å². The lowest BCUT2D eigenvalue weighted by atomic mass is 10.0. The van der Waals surface area contributed by atoms with Crippen LogP contribution in [-0.4, -0.2) is 25.9 Å². The highest BCUT2D eigenvalue weighted by Gasteiger charge is 2.42. The average molecular weight is 275 g/mol. The Labute approximate surface area is 112 Å². The minimum Gasteiger partial charge on any atom is -0.383 e. The number of alkyl halides is 3. The topological polar surface area (TPSA) is 21.3 Å². The van der Waals surface area contributed by atoms with Crippen LogP contribution in [0, 0.1) is 5.92 Å². The Kier molecular flexibility index (Phi) is 5.82. The average Bonchev–Trinajstić information content (AvgIpc) is 2.33. The number of hydrogen-bond acceptors (Lipinski definition) is 2. The van der Waals surface area contributed by atoms with Crippen LogP contribution >= 0.6 is 0 Å². The van der Waals surface area contributed by atoms with Gasteiger partial charge in [-0.25, -0.2) is 0 Å². The molecule has 0 aromatic heterocycles. The van der Waals surface area contributed by atoms with E-state index in [0.29, 0.717) is 0 Å². The molecule has 1 rings (SSSR count). The van der Waals surface area contributed by atoms with Crippen molar-refractivity contribution in [2.24, 2.45) is 5.92 Å². The second-order valence-electron chi connectivity index (χ2n) is 4.86. The molecule has 0 spiro atoms. The van der Waals surface area contributed by atoms with Crippen LogP contribution in [0.1, 0.15) is 25.5 Å². The molecule has 1 N–H and O–H groups in total. The van der Waals surface area contributed by atoms with Crippen molar-refractivity contribution in [2.45, 2.75) is 32.1 Å². The molecule has 0 amide bonds. The Morgan fingerprint density at radius 3 is 2.16 bits per heavy atom. The van der Waals surface area contributed by atoms with Gasteiger partial charge in [-0.3, -0.25) is 5.32 Å². The number of methoxy groups -OCH3 is 1. The molecule has 0 aliphatic rings. The summed E-state index contributed by atoms with van der Waals surface area (Å²) in [5.41, 5.74) is 0.219. The van der Waals surface area contributed by atoms with Crippen molar-refractivity contribution in [1.82, 2.24) is 5.32 Å². The molecule has 2 unspecified atom stereocenters. The van der Waals surface area contributed by atoms with E-state index in [2.05, 4.69) is 5.32 Å². The second-order valence-corrected chi connectivity index (χ2v) is 4.86. The Balaban J connectivity index is 2.93. The van der Waals surface area contributed by atoms with Crippen molar-refractivity contribution in [2.75, 3.05) is 13.7 Å². The first-order valence-electron chi connectivity index (χ1n) is 6.23. The second kappa shape index (κ2) is 6.91. The van der Waals surface area contributed by atoms with E-state index in [1.54, 1.807) is 18.2 Å². The van der Waals surface area contributed by atoms with Crippen LogP contribution in [0.25, 0.3) is 0 Å². The molecule has 5 heteroatoms. The highest BCUT2D eigenvalue weighted by molar-refractivity contribution is 5.20. The van der Waals surface area contributed by atoms with Gasteiger partial charge in [-0.05, 0) is 11.5 Å². The van der Waals surface area contributed by atoms with Crippen LogP contribution < -0.4 is 5.32 Å². The fourth-order valence-electron chi connectivity index (χ4n) is 1.85. The summed E-state index contributed by atoms with van der Waals surface area (Å²) in [6.07, 6.45) is -4.33.